The molecule has 36 heavy (non-hydrogen) atoms. The lowest BCUT2D eigenvalue weighted by molar-refractivity contribution is -0.147. The van der Waals surface area contributed by atoms with E-state index >= 15 is 0 Å². The van der Waals surface area contributed by atoms with Crippen LogP contribution in [0.25, 0.3) is 22.2 Å². The molecule has 186 valence electrons. The number of aromatic nitrogens is 2. The van der Waals surface area contributed by atoms with Crippen LogP contribution >= 0.6 is 0 Å². The lowest BCUT2D eigenvalue weighted by atomic mass is 9.90. The predicted molar refractivity (Wildman–Crippen MR) is 141 cm³/mol. The van der Waals surface area contributed by atoms with Crippen LogP contribution in [0.4, 0.5) is 0 Å². The van der Waals surface area contributed by atoms with Crippen LogP contribution in [0.15, 0.2) is 71.1 Å². The van der Waals surface area contributed by atoms with E-state index in [-0.39, 0.29) is 5.92 Å². The summed E-state index contributed by atoms with van der Waals surface area (Å²) in [5, 5.41) is 20.2. The van der Waals surface area contributed by atoms with Crippen LogP contribution in [0.2, 0.25) is 0 Å². The number of likely N-dealkylation sites (tertiary alicyclic amines) is 1. The fourth-order valence-electron chi connectivity index (χ4n) is 5.19. The molecule has 6 heteroatoms. The molecule has 0 bridgehead atoms. The molecular formula is C30H33N3O3. The first-order valence-corrected chi connectivity index (χ1v) is 13.0. The smallest absolute Gasteiger partial charge is 0.309 e. The number of benzene rings is 3. The van der Waals surface area contributed by atoms with Gasteiger partial charge in [-0.25, -0.2) is 0 Å². The van der Waals surface area contributed by atoms with Gasteiger partial charge in [0.25, 0.3) is 0 Å². The molecule has 2 heterocycles. The van der Waals surface area contributed by atoms with Crippen LogP contribution in [-0.4, -0.2) is 39.3 Å². The number of hydrogen-bond donors (Lipinski definition) is 1. The van der Waals surface area contributed by atoms with Crippen molar-refractivity contribution < 1.29 is 14.3 Å². The molecule has 6 nitrogen and oxygen atoms in total. The van der Waals surface area contributed by atoms with Crippen molar-refractivity contribution >= 4 is 16.7 Å². The van der Waals surface area contributed by atoms with Gasteiger partial charge in [0.1, 0.15) is 0 Å². The average Bonchev–Trinajstić information content (AvgIpc) is 3.34. The summed E-state index contributed by atoms with van der Waals surface area (Å²) in [6, 6.07) is 23.0. The summed E-state index contributed by atoms with van der Waals surface area (Å²) in [4.78, 5) is 13.3. The first-order valence-electron chi connectivity index (χ1n) is 13.0. The van der Waals surface area contributed by atoms with Gasteiger partial charge in [0.05, 0.1) is 5.92 Å². The average molecular weight is 484 g/mol. The van der Waals surface area contributed by atoms with Gasteiger partial charge in [0, 0.05) is 31.6 Å². The second-order valence-electron chi connectivity index (χ2n) is 9.86. The zero-order chi connectivity index (χ0) is 24.9. The van der Waals surface area contributed by atoms with Crippen LogP contribution in [0, 0.1) is 5.92 Å². The van der Waals surface area contributed by atoms with Gasteiger partial charge in [0.2, 0.25) is 11.8 Å². The molecule has 1 unspecified atom stereocenters. The highest BCUT2D eigenvalue weighted by molar-refractivity contribution is 5.96. The van der Waals surface area contributed by atoms with E-state index in [0.29, 0.717) is 30.8 Å². The van der Waals surface area contributed by atoms with Crippen molar-refractivity contribution in [2.45, 2.75) is 51.5 Å². The molecule has 1 aromatic heterocycles. The van der Waals surface area contributed by atoms with Crippen molar-refractivity contribution in [3.05, 3.63) is 83.7 Å². The summed E-state index contributed by atoms with van der Waals surface area (Å²) < 4.78 is 6.23. The first-order chi connectivity index (χ1) is 17.6. The molecule has 1 aliphatic rings. The Kier molecular flexibility index (Phi) is 7.42. The lowest BCUT2D eigenvalue weighted by Gasteiger charge is -2.36. The van der Waals surface area contributed by atoms with Crippen molar-refractivity contribution in [1.82, 2.24) is 15.1 Å². The molecular weight excluding hydrogens is 450 g/mol. The zero-order valence-electron chi connectivity index (χ0n) is 20.8. The Labute approximate surface area is 212 Å². The van der Waals surface area contributed by atoms with E-state index in [9.17, 15) is 9.90 Å². The number of nitrogens with zero attached hydrogens (tertiary/aromatic N) is 3. The normalized spacial score (nSPS) is 15.1. The Morgan fingerprint density at radius 2 is 1.75 bits per heavy atom. The third kappa shape index (κ3) is 5.34. The van der Waals surface area contributed by atoms with Crippen LogP contribution < -0.4 is 0 Å². The molecule has 0 aliphatic carbocycles. The van der Waals surface area contributed by atoms with Gasteiger partial charge in [-0.2, -0.15) is 0 Å². The molecule has 5 rings (SSSR count). The van der Waals surface area contributed by atoms with Gasteiger partial charge in [-0.1, -0.05) is 86.8 Å². The number of carboxylic acid groups (broad SMARTS) is 1. The Balaban J connectivity index is 1.36. The minimum Gasteiger partial charge on any atom is -0.481 e. The van der Waals surface area contributed by atoms with Crippen molar-refractivity contribution in [3.63, 3.8) is 0 Å². The fourth-order valence-corrected chi connectivity index (χ4v) is 5.19. The first kappa shape index (κ1) is 24.2. The highest BCUT2D eigenvalue weighted by Gasteiger charge is 2.32. The molecule has 0 radical (unpaired) electrons. The Morgan fingerprint density at radius 3 is 2.50 bits per heavy atom. The van der Waals surface area contributed by atoms with E-state index in [1.165, 1.54) is 30.4 Å². The molecule has 0 amide bonds. The number of fused-ring (bicyclic) bond motifs is 1. The molecule has 3 aromatic carbocycles. The Hall–Kier alpha value is -3.51. The SMILES string of the molecule is CCCCCC(Cc1nnc(-c2ccc(CN3CC(C(=O)O)C3)c3ccccc23)o1)c1ccccc1. The highest BCUT2D eigenvalue weighted by atomic mass is 16.4. The quantitative estimate of drug-likeness (QED) is 0.252. The van der Waals surface area contributed by atoms with Crippen molar-refractivity contribution in [2.24, 2.45) is 5.92 Å². The summed E-state index contributed by atoms with van der Waals surface area (Å²) in [6.45, 7) is 4.16. The van der Waals surface area contributed by atoms with Crippen LogP contribution in [0.3, 0.4) is 0 Å². The van der Waals surface area contributed by atoms with Crippen molar-refractivity contribution in [1.29, 1.82) is 0 Å². The van der Waals surface area contributed by atoms with Crippen LogP contribution in [0.5, 0.6) is 0 Å². The molecule has 1 saturated heterocycles. The number of aliphatic carboxylic acids is 1. The summed E-state index contributed by atoms with van der Waals surface area (Å²) in [7, 11) is 0. The minimum atomic E-state index is -0.710. The third-order valence-corrected chi connectivity index (χ3v) is 7.26. The largest absolute Gasteiger partial charge is 0.481 e. The number of carboxylic acids is 1. The second-order valence-corrected chi connectivity index (χ2v) is 9.86. The molecule has 0 saturated carbocycles. The standard InChI is InChI=1S/C30H33N3O3/c1-2-3-5-12-22(21-10-6-4-7-11-21)17-28-31-32-29(36-28)27-16-15-23(25-13-8-9-14-26(25)27)18-33-19-24(20-33)30(34)35/h4,6-11,13-16,22,24H,2-3,5,12,17-20H2,1H3,(H,34,35). The summed E-state index contributed by atoms with van der Waals surface area (Å²) in [6.07, 6.45) is 5.45. The minimum absolute atomic E-state index is 0.256. The lowest BCUT2D eigenvalue weighted by Crippen LogP contribution is -2.49. The van der Waals surface area contributed by atoms with E-state index < -0.39 is 5.97 Å². The maximum atomic E-state index is 11.2. The number of rotatable bonds is 11. The maximum absolute atomic E-state index is 11.2. The van der Waals surface area contributed by atoms with E-state index in [1.54, 1.807) is 0 Å². The predicted octanol–water partition coefficient (Wildman–Crippen LogP) is 6.31. The summed E-state index contributed by atoms with van der Waals surface area (Å²) in [5.41, 5.74) is 3.43. The van der Waals surface area contributed by atoms with Crippen molar-refractivity contribution in [2.75, 3.05) is 13.1 Å². The Bertz CT molecular complexity index is 1310. The van der Waals surface area contributed by atoms with Gasteiger partial charge in [0.15, 0.2) is 0 Å². The molecule has 0 spiro atoms. The molecule has 4 aromatic rings. The number of carbonyl (C=O) groups is 1. The molecule has 1 aliphatic heterocycles. The number of unbranched alkanes of at least 4 members (excludes halogenated alkanes) is 2. The van der Waals surface area contributed by atoms with Gasteiger partial charge in [-0.15, -0.1) is 10.2 Å². The third-order valence-electron chi connectivity index (χ3n) is 7.26. The van der Waals surface area contributed by atoms with E-state index in [2.05, 4.69) is 76.6 Å². The summed E-state index contributed by atoms with van der Waals surface area (Å²) in [5.74, 6) is 0.607. The fraction of sp³-hybridized carbons (Fsp3) is 0.367. The van der Waals surface area contributed by atoms with Crippen LogP contribution in [-0.2, 0) is 17.8 Å². The van der Waals surface area contributed by atoms with Gasteiger partial charge in [-0.3, -0.25) is 9.69 Å². The molecule has 1 atom stereocenters. The second kappa shape index (κ2) is 11.0. The highest BCUT2D eigenvalue weighted by Crippen LogP contribution is 2.33. The van der Waals surface area contributed by atoms with Crippen LogP contribution in [0.1, 0.15) is 55.5 Å². The monoisotopic (exact) mass is 483 g/mol. The van der Waals surface area contributed by atoms with E-state index in [4.69, 9.17) is 4.42 Å². The summed E-state index contributed by atoms with van der Waals surface area (Å²) >= 11 is 0. The number of hydrogen-bond acceptors (Lipinski definition) is 5. The maximum Gasteiger partial charge on any atom is 0.309 e. The van der Waals surface area contributed by atoms with E-state index in [1.807, 2.05) is 12.1 Å². The van der Waals surface area contributed by atoms with Crippen molar-refractivity contribution in [3.8, 4) is 11.5 Å². The van der Waals surface area contributed by atoms with Gasteiger partial charge >= 0.3 is 5.97 Å². The topological polar surface area (TPSA) is 79.5 Å². The molecule has 1 N–H and O–H groups in total. The van der Waals surface area contributed by atoms with Gasteiger partial charge in [-0.05, 0) is 40.3 Å². The van der Waals surface area contributed by atoms with Gasteiger partial charge < -0.3 is 9.52 Å². The molecule has 1 fully saturated rings. The Morgan fingerprint density at radius 1 is 1.00 bits per heavy atom. The zero-order valence-corrected chi connectivity index (χ0v) is 20.8. The van der Waals surface area contributed by atoms with E-state index in [0.717, 1.165) is 35.7 Å².